The Morgan fingerprint density at radius 3 is 2.00 bits per heavy atom. The molecule has 20 heavy (non-hydrogen) atoms. The molecular weight excluding hydrogens is 252 g/mol. The Bertz CT molecular complexity index is 650. The number of carboxylic acid groups (broad SMARTS) is 1. The highest BCUT2D eigenvalue weighted by atomic mass is 16.4. The zero-order valence-corrected chi connectivity index (χ0v) is 11.0. The smallest absolute Gasteiger partial charge is 0.185 e. The van der Waals surface area contributed by atoms with E-state index in [0.29, 0.717) is 5.56 Å². The van der Waals surface area contributed by atoms with Crippen LogP contribution in [0.5, 0.6) is 0 Å². The van der Waals surface area contributed by atoms with Crippen molar-refractivity contribution >= 4 is 17.8 Å². The summed E-state index contributed by atoms with van der Waals surface area (Å²) in [5, 5.41) is 10.6. The van der Waals surface area contributed by atoms with E-state index in [1.54, 1.807) is 30.3 Å². The summed E-state index contributed by atoms with van der Waals surface area (Å²) in [7, 11) is 0. The monoisotopic (exact) mass is 265 g/mol. The molecule has 0 aliphatic rings. The third kappa shape index (κ3) is 3.42. The van der Waals surface area contributed by atoms with Crippen LogP contribution in [0.3, 0.4) is 0 Å². The maximum Gasteiger partial charge on any atom is 0.185 e. The lowest BCUT2D eigenvalue weighted by molar-refractivity contribution is -0.255. The Kier molecular flexibility index (Phi) is 4.11. The van der Waals surface area contributed by atoms with E-state index in [-0.39, 0.29) is 11.3 Å². The predicted molar refractivity (Wildman–Crippen MR) is 75.3 cm³/mol. The van der Waals surface area contributed by atoms with Gasteiger partial charge in [0.15, 0.2) is 5.78 Å². The topological polar surface area (TPSA) is 57.2 Å². The average Bonchev–Trinajstić information content (AvgIpc) is 2.46. The number of aromatic carboxylic acids is 1. The van der Waals surface area contributed by atoms with Crippen molar-refractivity contribution in [2.45, 2.75) is 6.92 Å². The fourth-order valence-electron chi connectivity index (χ4n) is 1.72. The summed E-state index contributed by atoms with van der Waals surface area (Å²) in [5.41, 5.74) is 2.60. The third-order valence-corrected chi connectivity index (χ3v) is 2.91. The zero-order valence-electron chi connectivity index (χ0n) is 11.0. The number of hydrogen-bond donors (Lipinski definition) is 0. The summed E-state index contributed by atoms with van der Waals surface area (Å²) in [6.07, 6.45) is 3.12. The number of carbonyl (C=O) groups excluding carboxylic acids is 2. The van der Waals surface area contributed by atoms with Gasteiger partial charge in [0.05, 0.1) is 5.97 Å². The molecule has 0 heterocycles. The van der Waals surface area contributed by atoms with E-state index in [1.165, 1.54) is 18.2 Å². The summed E-state index contributed by atoms with van der Waals surface area (Å²) in [6, 6.07) is 13.5. The van der Waals surface area contributed by atoms with Gasteiger partial charge in [-0.05, 0) is 24.1 Å². The number of benzene rings is 2. The first-order valence-corrected chi connectivity index (χ1v) is 6.17. The van der Waals surface area contributed by atoms with Crippen molar-refractivity contribution < 1.29 is 14.7 Å². The molecule has 0 saturated carbocycles. The third-order valence-electron chi connectivity index (χ3n) is 2.91. The largest absolute Gasteiger partial charge is 0.545 e. The van der Waals surface area contributed by atoms with Crippen LogP contribution in [0.4, 0.5) is 0 Å². The highest BCUT2D eigenvalue weighted by Crippen LogP contribution is 2.08. The predicted octanol–water partition coefficient (Wildman–Crippen LogP) is 2.25. The van der Waals surface area contributed by atoms with Crippen LogP contribution in [0.25, 0.3) is 6.08 Å². The van der Waals surface area contributed by atoms with Gasteiger partial charge in [-0.2, -0.15) is 0 Å². The van der Waals surface area contributed by atoms with Gasteiger partial charge in [0.25, 0.3) is 0 Å². The molecule has 0 aromatic heterocycles. The first-order valence-electron chi connectivity index (χ1n) is 6.17. The summed E-state index contributed by atoms with van der Waals surface area (Å²) < 4.78 is 0. The van der Waals surface area contributed by atoms with E-state index in [1.807, 2.05) is 19.1 Å². The van der Waals surface area contributed by atoms with E-state index in [9.17, 15) is 14.7 Å². The normalized spacial score (nSPS) is 10.7. The molecule has 0 unspecified atom stereocenters. The van der Waals surface area contributed by atoms with E-state index in [2.05, 4.69) is 0 Å². The molecule has 0 radical (unpaired) electrons. The second kappa shape index (κ2) is 5.97. The molecule has 3 heteroatoms. The molecule has 3 nitrogen and oxygen atoms in total. The summed E-state index contributed by atoms with van der Waals surface area (Å²) in [6.45, 7) is 1.96. The molecule has 0 fully saturated rings. The lowest BCUT2D eigenvalue weighted by Crippen LogP contribution is -2.21. The quantitative estimate of drug-likeness (QED) is 0.629. The first-order chi connectivity index (χ1) is 9.56. The van der Waals surface area contributed by atoms with Gasteiger partial charge in [0.2, 0.25) is 0 Å². The van der Waals surface area contributed by atoms with Crippen molar-refractivity contribution in [3.05, 3.63) is 76.9 Å². The first kappa shape index (κ1) is 13.7. The van der Waals surface area contributed by atoms with Crippen LogP contribution in [0.2, 0.25) is 0 Å². The fraction of sp³-hybridized carbons (Fsp3) is 0.0588. The number of carboxylic acids is 1. The molecule has 0 spiro atoms. The van der Waals surface area contributed by atoms with Crippen LogP contribution >= 0.6 is 0 Å². The van der Waals surface area contributed by atoms with Crippen molar-refractivity contribution in [3.8, 4) is 0 Å². The standard InChI is InChI=1S/C17H14O3/c1-12-2-7-14(8-3-12)16(18)11-6-13-4-9-15(10-5-13)17(19)20/h2-11H,1H3,(H,19,20)/p-1/b11-6+. The second-order valence-electron chi connectivity index (χ2n) is 4.47. The van der Waals surface area contributed by atoms with Crippen molar-refractivity contribution in [1.29, 1.82) is 0 Å². The number of aryl methyl sites for hydroxylation is 1. The molecule has 0 aliphatic carbocycles. The Balaban J connectivity index is 2.10. The summed E-state index contributed by atoms with van der Waals surface area (Å²) >= 11 is 0. The Morgan fingerprint density at radius 1 is 0.900 bits per heavy atom. The van der Waals surface area contributed by atoms with Crippen molar-refractivity contribution in [2.24, 2.45) is 0 Å². The van der Waals surface area contributed by atoms with Crippen LogP contribution in [-0.2, 0) is 0 Å². The van der Waals surface area contributed by atoms with Crippen LogP contribution in [-0.4, -0.2) is 11.8 Å². The van der Waals surface area contributed by atoms with E-state index >= 15 is 0 Å². The Labute approximate surface area is 117 Å². The van der Waals surface area contributed by atoms with Gasteiger partial charge < -0.3 is 9.90 Å². The van der Waals surface area contributed by atoms with Crippen LogP contribution in [0.1, 0.15) is 31.8 Å². The molecular formula is C17H13O3-. The number of ketones is 1. The van der Waals surface area contributed by atoms with Crippen LogP contribution < -0.4 is 5.11 Å². The number of carbonyl (C=O) groups is 2. The van der Waals surface area contributed by atoms with E-state index < -0.39 is 5.97 Å². The van der Waals surface area contributed by atoms with E-state index in [4.69, 9.17) is 0 Å². The minimum Gasteiger partial charge on any atom is -0.545 e. The molecule has 2 aromatic rings. The summed E-state index contributed by atoms with van der Waals surface area (Å²) in [5.74, 6) is -1.30. The molecule has 0 saturated heterocycles. The van der Waals surface area contributed by atoms with E-state index in [0.717, 1.165) is 11.1 Å². The fourth-order valence-corrected chi connectivity index (χ4v) is 1.72. The van der Waals surface area contributed by atoms with Crippen LogP contribution in [0.15, 0.2) is 54.6 Å². The van der Waals surface area contributed by atoms with Crippen molar-refractivity contribution in [3.63, 3.8) is 0 Å². The Morgan fingerprint density at radius 2 is 1.45 bits per heavy atom. The van der Waals surface area contributed by atoms with Gasteiger partial charge in [0, 0.05) is 5.56 Å². The molecule has 0 amide bonds. The molecule has 2 rings (SSSR count). The van der Waals surface area contributed by atoms with Gasteiger partial charge in [-0.1, -0.05) is 60.2 Å². The highest BCUT2D eigenvalue weighted by molar-refractivity contribution is 6.06. The van der Waals surface area contributed by atoms with Crippen LogP contribution in [0, 0.1) is 6.92 Å². The molecule has 0 aliphatic heterocycles. The lowest BCUT2D eigenvalue weighted by Gasteiger charge is -2.01. The minimum atomic E-state index is -1.21. The molecule has 0 bridgehead atoms. The molecule has 0 atom stereocenters. The Hall–Kier alpha value is -2.68. The van der Waals surface area contributed by atoms with Crippen molar-refractivity contribution in [2.75, 3.05) is 0 Å². The SMILES string of the molecule is Cc1ccc(C(=O)/C=C/c2ccc(C(=O)[O-])cc2)cc1. The lowest BCUT2D eigenvalue weighted by atomic mass is 10.1. The minimum absolute atomic E-state index is 0.0889. The second-order valence-corrected chi connectivity index (χ2v) is 4.47. The van der Waals surface area contributed by atoms with Gasteiger partial charge in [-0.15, -0.1) is 0 Å². The average molecular weight is 265 g/mol. The maximum atomic E-state index is 11.9. The highest BCUT2D eigenvalue weighted by Gasteiger charge is 2.00. The molecule has 100 valence electrons. The number of rotatable bonds is 4. The van der Waals surface area contributed by atoms with Gasteiger partial charge >= 0.3 is 0 Å². The van der Waals surface area contributed by atoms with Gasteiger partial charge in [-0.25, -0.2) is 0 Å². The molecule has 2 aromatic carbocycles. The number of hydrogen-bond acceptors (Lipinski definition) is 3. The molecule has 0 N–H and O–H groups in total. The van der Waals surface area contributed by atoms with Crippen molar-refractivity contribution in [1.82, 2.24) is 0 Å². The van der Waals surface area contributed by atoms with Gasteiger partial charge in [0.1, 0.15) is 0 Å². The summed E-state index contributed by atoms with van der Waals surface area (Å²) in [4.78, 5) is 22.5. The number of allylic oxidation sites excluding steroid dienone is 1. The zero-order chi connectivity index (χ0) is 14.5. The van der Waals surface area contributed by atoms with Gasteiger partial charge in [-0.3, -0.25) is 4.79 Å². The maximum absolute atomic E-state index is 11.9.